The average molecular weight is 450 g/mol. The van der Waals surface area contributed by atoms with Gasteiger partial charge in [0.25, 0.3) is 11.6 Å². The lowest BCUT2D eigenvalue weighted by Gasteiger charge is -2.28. The maximum absolute atomic E-state index is 12.8. The van der Waals surface area contributed by atoms with Crippen molar-refractivity contribution in [3.05, 3.63) is 105 Å². The standard InChI is InChI=1S/C24H23N3O4S/c1-16-7-8-17(2)22(13-16)26(14-19-5-3-4-6-20(19)15-28)24(32)25-23(29)18-9-11-21(12-10-18)27(30)31/h3-13,28H,14-15H2,1-2H3,(H,25,29,32). The van der Waals surface area contributed by atoms with Crippen LogP contribution in [0.15, 0.2) is 66.7 Å². The first-order valence-corrected chi connectivity index (χ1v) is 10.3. The molecule has 0 aliphatic rings. The van der Waals surface area contributed by atoms with Gasteiger partial charge in [-0.25, -0.2) is 0 Å². The van der Waals surface area contributed by atoms with Gasteiger partial charge in [0.05, 0.1) is 18.1 Å². The summed E-state index contributed by atoms with van der Waals surface area (Å²) in [6, 6.07) is 18.8. The number of anilines is 1. The van der Waals surface area contributed by atoms with E-state index in [0.29, 0.717) is 6.54 Å². The van der Waals surface area contributed by atoms with Crippen molar-refractivity contribution in [3.63, 3.8) is 0 Å². The van der Waals surface area contributed by atoms with Crippen molar-refractivity contribution in [1.29, 1.82) is 0 Å². The molecule has 0 saturated carbocycles. The summed E-state index contributed by atoms with van der Waals surface area (Å²) in [5.74, 6) is -0.462. The minimum atomic E-state index is -0.521. The first-order chi connectivity index (χ1) is 15.3. The van der Waals surface area contributed by atoms with E-state index in [-0.39, 0.29) is 23.0 Å². The van der Waals surface area contributed by atoms with Gasteiger partial charge in [-0.2, -0.15) is 0 Å². The summed E-state index contributed by atoms with van der Waals surface area (Å²) in [6.45, 7) is 4.17. The number of aliphatic hydroxyl groups excluding tert-OH is 1. The van der Waals surface area contributed by atoms with Crippen LogP contribution in [-0.2, 0) is 13.2 Å². The van der Waals surface area contributed by atoms with Gasteiger partial charge < -0.3 is 10.0 Å². The summed E-state index contributed by atoms with van der Waals surface area (Å²) in [6.07, 6.45) is 0. The summed E-state index contributed by atoms with van der Waals surface area (Å²) in [7, 11) is 0. The molecule has 1 amide bonds. The van der Waals surface area contributed by atoms with Gasteiger partial charge in [-0.05, 0) is 66.5 Å². The minimum Gasteiger partial charge on any atom is -0.392 e. The van der Waals surface area contributed by atoms with Crippen molar-refractivity contribution in [2.45, 2.75) is 27.0 Å². The molecule has 2 N–H and O–H groups in total. The van der Waals surface area contributed by atoms with Crippen molar-refractivity contribution in [2.24, 2.45) is 0 Å². The largest absolute Gasteiger partial charge is 0.392 e. The van der Waals surface area contributed by atoms with Gasteiger partial charge in [0.1, 0.15) is 0 Å². The van der Waals surface area contributed by atoms with Crippen LogP contribution in [0.3, 0.4) is 0 Å². The van der Waals surface area contributed by atoms with E-state index in [4.69, 9.17) is 12.2 Å². The van der Waals surface area contributed by atoms with Crippen LogP contribution in [0.5, 0.6) is 0 Å². The molecule has 32 heavy (non-hydrogen) atoms. The number of carbonyl (C=O) groups is 1. The molecule has 0 fully saturated rings. The molecular formula is C24H23N3O4S. The van der Waals surface area contributed by atoms with Gasteiger partial charge in [-0.3, -0.25) is 20.2 Å². The van der Waals surface area contributed by atoms with E-state index in [1.807, 2.05) is 61.2 Å². The van der Waals surface area contributed by atoms with E-state index >= 15 is 0 Å². The summed E-state index contributed by atoms with van der Waals surface area (Å²) in [4.78, 5) is 24.9. The molecule has 0 spiro atoms. The molecule has 8 heteroatoms. The van der Waals surface area contributed by atoms with Gasteiger partial charge >= 0.3 is 0 Å². The molecule has 0 aliphatic heterocycles. The Morgan fingerprint density at radius 3 is 2.34 bits per heavy atom. The summed E-state index contributed by atoms with van der Waals surface area (Å²) < 4.78 is 0. The molecule has 7 nitrogen and oxygen atoms in total. The third kappa shape index (κ3) is 5.35. The zero-order valence-corrected chi connectivity index (χ0v) is 18.6. The summed E-state index contributed by atoms with van der Waals surface area (Å²) in [5.41, 5.74) is 4.66. The van der Waals surface area contributed by atoms with Gasteiger partial charge in [-0.1, -0.05) is 36.4 Å². The van der Waals surface area contributed by atoms with E-state index in [1.54, 1.807) is 0 Å². The Hall–Kier alpha value is -3.62. The number of nitrogens with one attached hydrogen (secondary N) is 1. The Morgan fingerprint density at radius 1 is 1.06 bits per heavy atom. The predicted octanol–water partition coefficient (Wildman–Crippen LogP) is 4.43. The second kappa shape index (κ2) is 10.1. The van der Waals surface area contributed by atoms with Crippen LogP contribution in [0.4, 0.5) is 11.4 Å². The number of carbonyl (C=O) groups excluding carboxylic acids is 1. The van der Waals surface area contributed by atoms with E-state index in [9.17, 15) is 20.0 Å². The van der Waals surface area contributed by atoms with Crippen LogP contribution < -0.4 is 10.2 Å². The number of nitro benzene ring substituents is 1. The van der Waals surface area contributed by atoms with Crippen LogP contribution in [-0.4, -0.2) is 21.0 Å². The van der Waals surface area contributed by atoms with E-state index in [0.717, 1.165) is 27.9 Å². The zero-order valence-electron chi connectivity index (χ0n) is 17.7. The molecule has 0 aliphatic carbocycles. The number of hydrogen-bond acceptors (Lipinski definition) is 5. The first kappa shape index (κ1) is 23.1. The van der Waals surface area contributed by atoms with E-state index < -0.39 is 10.8 Å². The smallest absolute Gasteiger partial charge is 0.269 e. The first-order valence-electron chi connectivity index (χ1n) is 9.92. The molecule has 3 rings (SSSR count). The number of amides is 1. The highest BCUT2D eigenvalue weighted by Crippen LogP contribution is 2.25. The number of aliphatic hydroxyl groups is 1. The molecule has 0 atom stereocenters. The molecule has 0 saturated heterocycles. The molecule has 0 unspecified atom stereocenters. The van der Waals surface area contributed by atoms with Crippen molar-refractivity contribution < 1.29 is 14.8 Å². The van der Waals surface area contributed by atoms with Crippen LogP contribution in [0.25, 0.3) is 0 Å². The number of aryl methyl sites for hydroxylation is 2. The molecule has 3 aromatic rings. The minimum absolute atomic E-state index is 0.0956. The zero-order chi connectivity index (χ0) is 23.3. The molecule has 164 valence electrons. The fraction of sp³-hybridized carbons (Fsp3) is 0.167. The summed E-state index contributed by atoms with van der Waals surface area (Å²) >= 11 is 5.61. The quantitative estimate of drug-likeness (QED) is 0.328. The number of nitrogens with zero attached hydrogens (tertiary/aromatic N) is 2. The van der Waals surface area contributed by atoms with Crippen LogP contribution in [0.2, 0.25) is 0 Å². The fourth-order valence-electron chi connectivity index (χ4n) is 3.28. The van der Waals surface area contributed by atoms with Crippen molar-refractivity contribution in [2.75, 3.05) is 4.90 Å². The average Bonchev–Trinajstić information content (AvgIpc) is 2.79. The van der Waals surface area contributed by atoms with E-state index in [2.05, 4.69) is 5.32 Å². The number of non-ortho nitro benzene ring substituents is 1. The number of nitro groups is 1. The number of rotatable bonds is 6. The van der Waals surface area contributed by atoms with Crippen LogP contribution >= 0.6 is 12.2 Å². The third-order valence-corrected chi connectivity index (χ3v) is 5.40. The Bertz CT molecular complexity index is 1160. The van der Waals surface area contributed by atoms with Crippen molar-refractivity contribution >= 4 is 34.6 Å². The Kier molecular flexibility index (Phi) is 7.29. The molecular weight excluding hydrogens is 426 g/mol. The molecule has 0 aromatic heterocycles. The van der Waals surface area contributed by atoms with E-state index in [1.165, 1.54) is 24.3 Å². The topological polar surface area (TPSA) is 95.7 Å². The second-order valence-electron chi connectivity index (χ2n) is 7.37. The van der Waals surface area contributed by atoms with Crippen molar-refractivity contribution in [3.8, 4) is 0 Å². The highest BCUT2D eigenvalue weighted by molar-refractivity contribution is 7.80. The van der Waals surface area contributed by atoms with Gasteiger partial charge in [0.15, 0.2) is 5.11 Å². The Balaban J connectivity index is 1.91. The van der Waals surface area contributed by atoms with Crippen molar-refractivity contribution in [1.82, 2.24) is 5.32 Å². The summed E-state index contributed by atoms with van der Waals surface area (Å²) in [5, 5.41) is 23.5. The molecule has 3 aromatic carbocycles. The van der Waals surface area contributed by atoms with Crippen LogP contribution in [0, 0.1) is 24.0 Å². The predicted molar refractivity (Wildman–Crippen MR) is 128 cm³/mol. The second-order valence-corrected chi connectivity index (χ2v) is 7.75. The molecule has 0 heterocycles. The maximum Gasteiger partial charge on any atom is 0.269 e. The normalized spacial score (nSPS) is 10.5. The van der Waals surface area contributed by atoms with Gasteiger partial charge in [0.2, 0.25) is 0 Å². The third-order valence-electron chi connectivity index (χ3n) is 5.08. The molecule has 0 bridgehead atoms. The highest BCUT2D eigenvalue weighted by atomic mass is 32.1. The SMILES string of the molecule is Cc1ccc(C)c(N(Cc2ccccc2CO)C(=S)NC(=O)c2ccc([N+](=O)[O-])cc2)c1. The lowest BCUT2D eigenvalue weighted by atomic mass is 10.1. The van der Waals surface area contributed by atoms with Gasteiger partial charge in [-0.15, -0.1) is 0 Å². The number of hydrogen-bond donors (Lipinski definition) is 2. The van der Waals surface area contributed by atoms with Gasteiger partial charge in [0, 0.05) is 23.4 Å². The monoisotopic (exact) mass is 449 g/mol. The number of thiocarbonyl (C=S) groups is 1. The lowest BCUT2D eigenvalue weighted by Crippen LogP contribution is -2.43. The lowest BCUT2D eigenvalue weighted by molar-refractivity contribution is -0.384. The fourth-order valence-corrected chi connectivity index (χ4v) is 3.54. The number of benzene rings is 3. The Labute approximate surface area is 191 Å². The van der Waals surface area contributed by atoms with Crippen LogP contribution in [0.1, 0.15) is 32.6 Å². The highest BCUT2D eigenvalue weighted by Gasteiger charge is 2.20. The Morgan fingerprint density at radius 2 is 1.72 bits per heavy atom. The maximum atomic E-state index is 12.8. The molecule has 0 radical (unpaired) electrons.